The molecule has 5 nitrogen and oxygen atoms in total. The maximum atomic E-state index is 13.1. The molecule has 2 saturated heterocycles. The van der Waals surface area contributed by atoms with Gasteiger partial charge in [-0.2, -0.15) is 0 Å². The van der Waals surface area contributed by atoms with Gasteiger partial charge in [0.05, 0.1) is 11.7 Å². The number of hydrogen-bond acceptors (Lipinski definition) is 4. The third-order valence-corrected chi connectivity index (χ3v) is 6.11. The fourth-order valence-corrected chi connectivity index (χ4v) is 4.80. The lowest BCUT2D eigenvalue weighted by molar-refractivity contribution is -0.140. The number of rotatable bonds is 4. The van der Waals surface area contributed by atoms with Crippen molar-refractivity contribution >= 4 is 5.91 Å². The Morgan fingerprint density at radius 3 is 2.64 bits per heavy atom. The maximum absolute atomic E-state index is 13.1. The maximum Gasteiger partial charge on any atom is 0.255 e. The zero-order valence-corrected chi connectivity index (χ0v) is 15.2. The number of hydrogen-bond donors (Lipinski definition) is 0. The lowest BCUT2D eigenvalue weighted by Gasteiger charge is -2.65. The first-order chi connectivity index (χ1) is 12.1. The van der Waals surface area contributed by atoms with Gasteiger partial charge in [-0.25, -0.2) is 4.98 Å². The van der Waals surface area contributed by atoms with Gasteiger partial charge < -0.3 is 14.4 Å². The van der Waals surface area contributed by atoms with Crippen LogP contribution in [0.3, 0.4) is 0 Å². The molecule has 3 fully saturated rings. The molecule has 1 saturated carbocycles. The Kier molecular flexibility index (Phi) is 4.44. The number of nitrogens with zero attached hydrogens (tertiary/aromatic N) is 2. The predicted molar refractivity (Wildman–Crippen MR) is 94.7 cm³/mol. The van der Waals surface area contributed by atoms with Gasteiger partial charge in [0, 0.05) is 43.5 Å². The van der Waals surface area contributed by atoms with Gasteiger partial charge in [0.1, 0.15) is 0 Å². The Labute approximate surface area is 149 Å². The van der Waals surface area contributed by atoms with E-state index in [1.54, 1.807) is 12.3 Å². The minimum absolute atomic E-state index is 0.0841. The van der Waals surface area contributed by atoms with E-state index in [0.29, 0.717) is 28.8 Å². The molecule has 1 spiro atoms. The third-order valence-electron chi connectivity index (χ3n) is 6.11. The Morgan fingerprint density at radius 1 is 1.32 bits per heavy atom. The molecule has 3 heterocycles. The molecule has 1 aromatic rings. The SMILES string of the molecule is CC(C)Oc1ccc(C(=O)N2CC3(CCC3)C2C2CCOCC2)cn1. The van der Waals surface area contributed by atoms with E-state index >= 15 is 0 Å². The number of ether oxygens (including phenoxy) is 2. The molecule has 3 aliphatic rings. The van der Waals surface area contributed by atoms with Gasteiger partial charge in [0.15, 0.2) is 0 Å². The summed E-state index contributed by atoms with van der Waals surface area (Å²) in [6, 6.07) is 4.04. The highest BCUT2D eigenvalue weighted by atomic mass is 16.5. The highest BCUT2D eigenvalue weighted by molar-refractivity contribution is 5.95. The van der Waals surface area contributed by atoms with E-state index in [9.17, 15) is 4.79 Å². The monoisotopic (exact) mass is 344 g/mol. The van der Waals surface area contributed by atoms with E-state index in [4.69, 9.17) is 9.47 Å². The Hall–Kier alpha value is -1.62. The Balaban J connectivity index is 1.49. The van der Waals surface area contributed by atoms with Crippen LogP contribution in [0.5, 0.6) is 5.88 Å². The smallest absolute Gasteiger partial charge is 0.255 e. The minimum atomic E-state index is 0.0841. The summed E-state index contributed by atoms with van der Waals surface area (Å²) in [5.74, 6) is 1.28. The fourth-order valence-electron chi connectivity index (χ4n) is 4.80. The predicted octanol–water partition coefficient (Wildman–Crippen LogP) is 3.29. The second kappa shape index (κ2) is 6.60. The largest absolute Gasteiger partial charge is 0.475 e. The zero-order valence-electron chi connectivity index (χ0n) is 15.2. The second-order valence-electron chi connectivity index (χ2n) is 8.10. The van der Waals surface area contributed by atoms with E-state index in [0.717, 1.165) is 32.6 Å². The van der Waals surface area contributed by atoms with E-state index < -0.39 is 0 Å². The van der Waals surface area contributed by atoms with E-state index in [1.165, 1.54) is 19.3 Å². The van der Waals surface area contributed by atoms with Crippen LogP contribution in [0.15, 0.2) is 18.3 Å². The summed E-state index contributed by atoms with van der Waals surface area (Å²) in [6.45, 7) is 6.52. The third kappa shape index (κ3) is 3.03. The van der Waals surface area contributed by atoms with Crippen LogP contribution in [0, 0.1) is 11.3 Å². The Morgan fingerprint density at radius 2 is 2.08 bits per heavy atom. The first-order valence-electron chi connectivity index (χ1n) is 9.60. The molecule has 1 unspecified atom stereocenters. The number of amides is 1. The number of carbonyl (C=O) groups is 1. The molecule has 136 valence electrons. The van der Waals surface area contributed by atoms with Gasteiger partial charge in [-0.1, -0.05) is 6.42 Å². The van der Waals surface area contributed by atoms with Crippen LogP contribution in [0.1, 0.15) is 56.3 Å². The fraction of sp³-hybridized carbons (Fsp3) is 0.700. The van der Waals surface area contributed by atoms with Gasteiger partial charge in [0.2, 0.25) is 5.88 Å². The summed E-state index contributed by atoms with van der Waals surface area (Å²) in [5, 5.41) is 0. The molecule has 5 heteroatoms. The van der Waals surface area contributed by atoms with Crippen molar-refractivity contribution in [2.45, 2.75) is 58.1 Å². The minimum Gasteiger partial charge on any atom is -0.475 e. The molecule has 1 amide bonds. The normalized spacial score (nSPS) is 25.6. The topological polar surface area (TPSA) is 51.7 Å². The molecule has 1 atom stereocenters. The van der Waals surface area contributed by atoms with Crippen LogP contribution >= 0.6 is 0 Å². The molecule has 1 aromatic heterocycles. The van der Waals surface area contributed by atoms with E-state index in [-0.39, 0.29) is 12.0 Å². The van der Waals surface area contributed by atoms with Gasteiger partial charge in [-0.05, 0) is 51.5 Å². The summed E-state index contributed by atoms with van der Waals surface area (Å²) in [5.41, 5.74) is 1.06. The lowest BCUT2D eigenvalue weighted by atomic mass is 9.54. The van der Waals surface area contributed by atoms with Crippen LogP contribution in [0.4, 0.5) is 0 Å². The highest BCUT2D eigenvalue weighted by Gasteiger charge is 2.59. The van der Waals surface area contributed by atoms with E-state index in [1.807, 2.05) is 19.9 Å². The van der Waals surface area contributed by atoms with Crippen molar-refractivity contribution in [3.63, 3.8) is 0 Å². The molecule has 0 bridgehead atoms. The molecule has 0 N–H and O–H groups in total. The number of likely N-dealkylation sites (tertiary alicyclic amines) is 1. The van der Waals surface area contributed by atoms with Crippen LogP contribution in [0.2, 0.25) is 0 Å². The van der Waals surface area contributed by atoms with Gasteiger partial charge in [-0.15, -0.1) is 0 Å². The molecule has 0 radical (unpaired) electrons. The lowest BCUT2D eigenvalue weighted by Crippen LogP contribution is -2.71. The van der Waals surface area contributed by atoms with Crippen molar-refractivity contribution in [2.24, 2.45) is 11.3 Å². The van der Waals surface area contributed by atoms with Gasteiger partial charge in [0.25, 0.3) is 5.91 Å². The van der Waals surface area contributed by atoms with Crippen molar-refractivity contribution in [2.75, 3.05) is 19.8 Å². The van der Waals surface area contributed by atoms with Gasteiger partial charge >= 0.3 is 0 Å². The van der Waals surface area contributed by atoms with E-state index in [2.05, 4.69) is 9.88 Å². The molecule has 25 heavy (non-hydrogen) atoms. The van der Waals surface area contributed by atoms with Crippen molar-refractivity contribution < 1.29 is 14.3 Å². The summed E-state index contributed by atoms with van der Waals surface area (Å²) < 4.78 is 11.1. The number of aromatic nitrogens is 1. The molecular weight excluding hydrogens is 316 g/mol. The second-order valence-corrected chi connectivity index (χ2v) is 8.10. The molecule has 0 aromatic carbocycles. The zero-order chi connectivity index (χ0) is 17.4. The first-order valence-corrected chi connectivity index (χ1v) is 9.60. The summed E-state index contributed by atoms with van der Waals surface area (Å²) in [7, 11) is 0. The average molecular weight is 344 g/mol. The average Bonchev–Trinajstić information content (AvgIpc) is 2.53. The van der Waals surface area contributed by atoms with Crippen LogP contribution in [-0.2, 0) is 4.74 Å². The first kappa shape index (κ1) is 16.8. The van der Waals surface area contributed by atoms with Crippen molar-refractivity contribution in [3.8, 4) is 5.88 Å². The molecule has 1 aliphatic carbocycles. The number of pyridine rings is 1. The number of carbonyl (C=O) groups excluding carboxylic acids is 1. The molecular formula is C20H28N2O3. The van der Waals surface area contributed by atoms with Gasteiger partial charge in [-0.3, -0.25) is 4.79 Å². The highest BCUT2D eigenvalue weighted by Crippen LogP contribution is 2.56. The quantitative estimate of drug-likeness (QED) is 0.841. The molecule has 4 rings (SSSR count). The van der Waals surface area contributed by atoms with Crippen molar-refractivity contribution in [1.82, 2.24) is 9.88 Å². The summed E-state index contributed by atoms with van der Waals surface area (Å²) in [4.78, 5) is 19.5. The standard InChI is InChI=1S/C20H28N2O3/c1-14(2)25-17-5-4-16(12-21-17)19(23)22-13-20(8-3-9-20)18(22)15-6-10-24-11-7-15/h4-5,12,14-15,18H,3,6-11,13H2,1-2H3. The summed E-state index contributed by atoms with van der Waals surface area (Å²) >= 11 is 0. The molecule has 2 aliphatic heterocycles. The van der Waals surface area contributed by atoms with Crippen LogP contribution in [0.25, 0.3) is 0 Å². The van der Waals surface area contributed by atoms with Crippen molar-refractivity contribution in [3.05, 3.63) is 23.9 Å². The van der Waals surface area contributed by atoms with Crippen LogP contribution in [-0.4, -0.2) is 47.7 Å². The van der Waals surface area contributed by atoms with Crippen molar-refractivity contribution in [1.29, 1.82) is 0 Å². The Bertz CT molecular complexity index is 618. The summed E-state index contributed by atoms with van der Waals surface area (Å²) in [6.07, 6.45) is 7.76. The van der Waals surface area contributed by atoms with Crippen LogP contribution < -0.4 is 4.74 Å².